The van der Waals surface area contributed by atoms with E-state index in [0.717, 1.165) is 6.66 Å². The highest BCUT2D eigenvalue weighted by Gasteiger charge is 2.46. The third-order valence-electron chi connectivity index (χ3n) is 3.72. The Balaban J connectivity index is 1.89. The van der Waals surface area contributed by atoms with Gasteiger partial charge in [0.25, 0.3) is 0 Å². The second-order valence-corrected chi connectivity index (χ2v) is 7.30. The van der Waals surface area contributed by atoms with Gasteiger partial charge in [0.2, 0.25) is 0 Å². The van der Waals surface area contributed by atoms with Gasteiger partial charge in [0.1, 0.15) is 30.2 Å². The zero-order chi connectivity index (χ0) is 17.5. The van der Waals surface area contributed by atoms with E-state index in [-0.39, 0.29) is 12.4 Å². The maximum atomic E-state index is 11.3. The number of imidazole rings is 1. The standard InChI is InChI=1S/C12H18N5O6P/c1-21-9-8(18)6(3-22-24(2,19)20)23-12(9)17-5-16-7-10(13)14-4-15-11(7)17/h4-6,8-9,12,18H,3H2,1-2H3,(H,19,20)(H2,13,14,15)/t6-,8-,9-,12-/m1/s1. The number of anilines is 1. The van der Waals surface area contributed by atoms with E-state index in [1.165, 1.54) is 19.8 Å². The molecule has 2 aromatic rings. The summed E-state index contributed by atoms with van der Waals surface area (Å²) in [6.07, 6.45) is -0.669. The molecule has 1 aliphatic rings. The summed E-state index contributed by atoms with van der Waals surface area (Å²) < 4.78 is 28.8. The molecule has 1 saturated heterocycles. The Bertz CT molecular complexity index is 778. The number of aliphatic hydroxyl groups excluding tert-OH is 1. The van der Waals surface area contributed by atoms with Gasteiger partial charge < -0.3 is 29.7 Å². The summed E-state index contributed by atoms with van der Waals surface area (Å²) in [6.45, 7) is 0.800. The van der Waals surface area contributed by atoms with Crippen molar-refractivity contribution >= 4 is 24.6 Å². The van der Waals surface area contributed by atoms with Crippen LogP contribution in [0.4, 0.5) is 5.82 Å². The molecule has 1 unspecified atom stereocenters. The Hall–Kier alpha value is -1.62. The second-order valence-electron chi connectivity index (χ2n) is 5.44. The van der Waals surface area contributed by atoms with Crippen molar-refractivity contribution in [2.75, 3.05) is 26.1 Å². The summed E-state index contributed by atoms with van der Waals surface area (Å²) in [7, 11) is -2.26. The maximum Gasteiger partial charge on any atom is 0.325 e. The van der Waals surface area contributed by atoms with Crippen molar-refractivity contribution in [1.29, 1.82) is 0 Å². The van der Waals surface area contributed by atoms with Gasteiger partial charge in [-0.1, -0.05) is 0 Å². The van der Waals surface area contributed by atoms with Crippen LogP contribution in [0.3, 0.4) is 0 Å². The molecule has 1 aliphatic heterocycles. The van der Waals surface area contributed by atoms with Gasteiger partial charge in [-0.2, -0.15) is 0 Å². The van der Waals surface area contributed by atoms with E-state index in [1.54, 1.807) is 4.57 Å². The zero-order valence-corrected chi connectivity index (χ0v) is 13.9. The number of aliphatic hydroxyl groups is 1. The minimum atomic E-state index is -3.69. The van der Waals surface area contributed by atoms with Gasteiger partial charge in [0.15, 0.2) is 17.7 Å². The third-order valence-corrected chi connectivity index (χ3v) is 4.35. The first kappa shape index (κ1) is 17.2. The van der Waals surface area contributed by atoms with Crippen LogP contribution >= 0.6 is 7.60 Å². The van der Waals surface area contributed by atoms with E-state index in [1.807, 2.05) is 0 Å². The Kier molecular flexibility index (Phi) is 4.56. The lowest BCUT2D eigenvalue weighted by atomic mass is 10.1. The molecule has 0 radical (unpaired) electrons. The fraction of sp³-hybridized carbons (Fsp3) is 0.583. The van der Waals surface area contributed by atoms with Crippen LogP contribution in [-0.4, -0.2) is 68.2 Å². The van der Waals surface area contributed by atoms with Crippen molar-refractivity contribution in [3.05, 3.63) is 12.7 Å². The van der Waals surface area contributed by atoms with Crippen LogP contribution in [0.15, 0.2) is 12.7 Å². The van der Waals surface area contributed by atoms with E-state index in [9.17, 15) is 14.6 Å². The first-order valence-corrected chi connectivity index (χ1v) is 9.08. The Morgan fingerprint density at radius 2 is 2.21 bits per heavy atom. The monoisotopic (exact) mass is 359 g/mol. The van der Waals surface area contributed by atoms with E-state index < -0.39 is 32.1 Å². The number of hydrogen-bond donors (Lipinski definition) is 3. The predicted molar refractivity (Wildman–Crippen MR) is 82.2 cm³/mol. The Morgan fingerprint density at radius 3 is 2.88 bits per heavy atom. The highest BCUT2D eigenvalue weighted by Crippen LogP contribution is 2.39. The first-order valence-electron chi connectivity index (χ1n) is 7.06. The largest absolute Gasteiger partial charge is 0.387 e. The van der Waals surface area contributed by atoms with Crippen LogP contribution in [0.1, 0.15) is 6.23 Å². The maximum absolute atomic E-state index is 11.3. The highest BCUT2D eigenvalue weighted by atomic mass is 31.2. The number of nitrogens with two attached hydrogens (primary N) is 1. The zero-order valence-electron chi connectivity index (χ0n) is 13.0. The Labute approximate surface area is 136 Å². The van der Waals surface area contributed by atoms with Crippen molar-refractivity contribution in [2.45, 2.75) is 24.5 Å². The molecule has 1 fully saturated rings. The molecule has 0 bridgehead atoms. The minimum absolute atomic E-state index is 0.221. The molecule has 12 heteroatoms. The van der Waals surface area contributed by atoms with E-state index >= 15 is 0 Å². The quantitative estimate of drug-likeness (QED) is 0.596. The Morgan fingerprint density at radius 1 is 1.46 bits per heavy atom. The average molecular weight is 359 g/mol. The summed E-state index contributed by atoms with van der Waals surface area (Å²) in [4.78, 5) is 21.4. The molecule has 0 spiro atoms. The van der Waals surface area contributed by atoms with Crippen LogP contribution in [0.25, 0.3) is 11.2 Å². The molecule has 2 aromatic heterocycles. The lowest BCUT2D eigenvalue weighted by Crippen LogP contribution is -2.35. The van der Waals surface area contributed by atoms with Crippen LogP contribution in [-0.2, 0) is 18.6 Å². The van der Waals surface area contributed by atoms with Crippen molar-refractivity contribution in [3.8, 4) is 0 Å². The number of nitrogens with zero attached hydrogens (tertiary/aromatic N) is 4. The van der Waals surface area contributed by atoms with Crippen LogP contribution in [0.5, 0.6) is 0 Å². The second kappa shape index (κ2) is 6.36. The molecule has 0 aromatic carbocycles. The third kappa shape index (κ3) is 3.14. The van der Waals surface area contributed by atoms with Crippen LogP contribution in [0, 0.1) is 0 Å². The van der Waals surface area contributed by atoms with Gasteiger partial charge in [-0.15, -0.1) is 0 Å². The molecule has 132 valence electrons. The molecule has 24 heavy (non-hydrogen) atoms. The molecular weight excluding hydrogens is 341 g/mol. The lowest BCUT2D eigenvalue weighted by molar-refractivity contribution is -0.0565. The normalized spacial score (nSPS) is 29.8. The molecule has 11 nitrogen and oxygen atoms in total. The highest BCUT2D eigenvalue weighted by molar-refractivity contribution is 7.51. The van der Waals surface area contributed by atoms with Gasteiger partial charge in [-0.3, -0.25) is 9.13 Å². The number of ether oxygens (including phenoxy) is 2. The van der Waals surface area contributed by atoms with Crippen LogP contribution < -0.4 is 5.73 Å². The average Bonchev–Trinajstić information content (AvgIpc) is 3.06. The topological polar surface area (TPSA) is 155 Å². The number of aromatic nitrogens is 4. The van der Waals surface area contributed by atoms with E-state index in [0.29, 0.717) is 11.2 Å². The minimum Gasteiger partial charge on any atom is -0.387 e. The summed E-state index contributed by atoms with van der Waals surface area (Å²) >= 11 is 0. The van der Waals surface area contributed by atoms with Crippen molar-refractivity contribution in [3.63, 3.8) is 0 Å². The van der Waals surface area contributed by atoms with Gasteiger partial charge in [-0.25, -0.2) is 15.0 Å². The molecule has 0 aliphatic carbocycles. The summed E-state index contributed by atoms with van der Waals surface area (Å²) in [5, 5.41) is 10.3. The number of rotatable bonds is 5. The number of hydrogen-bond acceptors (Lipinski definition) is 9. The number of nitrogen functional groups attached to an aromatic ring is 1. The van der Waals surface area contributed by atoms with E-state index in [2.05, 4.69) is 15.0 Å². The predicted octanol–water partition coefficient (Wildman–Crippen LogP) is -0.486. The van der Waals surface area contributed by atoms with Gasteiger partial charge in [0, 0.05) is 13.8 Å². The molecular formula is C12H18N5O6P. The van der Waals surface area contributed by atoms with Gasteiger partial charge in [0.05, 0.1) is 12.9 Å². The number of methoxy groups -OCH3 is 1. The summed E-state index contributed by atoms with van der Waals surface area (Å²) in [6, 6.07) is 0. The lowest BCUT2D eigenvalue weighted by Gasteiger charge is -2.19. The SMILES string of the molecule is CO[C@@H]1[C@H](O)[C@@H](COP(C)(=O)O)O[C@H]1n1cnc2c(N)ncnc21. The summed E-state index contributed by atoms with van der Waals surface area (Å²) in [5.41, 5.74) is 6.58. The molecule has 4 N–H and O–H groups in total. The van der Waals surface area contributed by atoms with Crippen molar-refractivity contribution in [2.24, 2.45) is 0 Å². The van der Waals surface area contributed by atoms with Gasteiger partial charge in [-0.05, 0) is 0 Å². The molecule has 0 amide bonds. The van der Waals surface area contributed by atoms with Gasteiger partial charge >= 0.3 is 7.60 Å². The number of fused-ring (bicyclic) bond motifs is 1. The van der Waals surface area contributed by atoms with Crippen molar-refractivity contribution in [1.82, 2.24) is 19.5 Å². The fourth-order valence-electron chi connectivity index (χ4n) is 2.60. The molecule has 3 rings (SSSR count). The summed E-state index contributed by atoms with van der Waals surface area (Å²) in [5.74, 6) is 0.221. The molecule has 3 heterocycles. The van der Waals surface area contributed by atoms with Crippen molar-refractivity contribution < 1.29 is 28.6 Å². The molecule has 5 atom stereocenters. The first-order chi connectivity index (χ1) is 11.3. The smallest absolute Gasteiger partial charge is 0.325 e. The fourth-order valence-corrected chi connectivity index (χ4v) is 3.03. The van der Waals surface area contributed by atoms with E-state index in [4.69, 9.17) is 19.7 Å². The van der Waals surface area contributed by atoms with Crippen LogP contribution in [0.2, 0.25) is 0 Å². The molecule has 0 saturated carbocycles.